The zero-order valence-electron chi connectivity index (χ0n) is 33.1. The Bertz CT molecular complexity index is 2530. The Morgan fingerprint density at radius 2 is 1.63 bits per heavy atom. The number of hydrogen-bond donors (Lipinski definition) is 4. The van der Waals surface area contributed by atoms with E-state index < -0.39 is 54.7 Å². The second kappa shape index (κ2) is 17.1. The Morgan fingerprint density at radius 3 is 2.32 bits per heavy atom. The summed E-state index contributed by atoms with van der Waals surface area (Å²) in [6.07, 6.45) is -1.34. The number of carbonyl (C=O) groups excluding carboxylic acids is 3. The predicted octanol–water partition coefficient (Wildman–Crippen LogP) is 6.13. The number of rotatable bonds is 11. The molecule has 1 atom stereocenters. The highest BCUT2D eigenvalue weighted by molar-refractivity contribution is 5.93. The molecule has 3 aliphatic rings. The van der Waals surface area contributed by atoms with Crippen LogP contribution < -0.4 is 21.5 Å². The maximum absolute atomic E-state index is 15.1. The summed E-state index contributed by atoms with van der Waals surface area (Å²) in [6.45, 7) is 6.12. The van der Waals surface area contributed by atoms with Crippen LogP contribution in [0.2, 0.25) is 0 Å². The first-order valence-electron chi connectivity index (χ1n) is 19.5. The molecular formula is C44H44FN5O9. The summed E-state index contributed by atoms with van der Waals surface area (Å²) in [4.78, 5) is 67.6. The lowest BCUT2D eigenvalue weighted by molar-refractivity contribution is -0.129. The van der Waals surface area contributed by atoms with E-state index in [1.54, 1.807) is 19.9 Å². The number of aromatic nitrogens is 2. The topological polar surface area (TPSA) is 187 Å². The molecule has 0 fully saturated rings. The van der Waals surface area contributed by atoms with E-state index in [1.165, 1.54) is 10.6 Å². The van der Waals surface area contributed by atoms with Crippen LogP contribution >= 0.6 is 0 Å². The molecule has 1 aliphatic heterocycles. The number of nitrogens with one attached hydrogen (secondary N) is 3. The highest BCUT2D eigenvalue weighted by Gasteiger charge is 2.35. The van der Waals surface area contributed by atoms with Crippen LogP contribution in [0.5, 0.6) is 0 Å². The minimum Gasteiger partial charge on any atom is -0.450 e. The van der Waals surface area contributed by atoms with E-state index in [1.807, 2.05) is 62.4 Å². The molecule has 4 N–H and O–H groups in total. The van der Waals surface area contributed by atoms with E-state index in [2.05, 4.69) is 16.0 Å². The molecule has 59 heavy (non-hydrogen) atoms. The van der Waals surface area contributed by atoms with Gasteiger partial charge in [0.15, 0.2) is 0 Å². The zero-order chi connectivity index (χ0) is 42.0. The van der Waals surface area contributed by atoms with Crippen molar-refractivity contribution < 1.29 is 42.9 Å². The molecule has 15 heteroatoms. The fourth-order valence-corrected chi connectivity index (χ4v) is 8.30. The second-order valence-corrected chi connectivity index (χ2v) is 14.3. The fraction of sp³-hybridized carbons (Fsp3) is 0.318. The van der Waals surface area contributed by atoms with E-state index in [-0.39, 0.29) is 37.9 Å². The van der Waals surface area contributed by atoms with Crippen molar-refractivity contribution in [2.45, 2.75) is 65.6 Å². The Hall–Kier alpha value is -6.61. The number of aryl methyl sites for hydroxylation is 2. The van der Waals surface area contributed by atoms with E-state index in [0.29, 0.717) is 51.8 Å². The summed E-state index contributed by atoms with van der Waals surface area (Å²) in [5.74, 6) is -1.55. The maximum Gasteiger partial charge on any atom is 0.506 e. The predicted molar refractivity (Wildman–Crippen MR) is 215 cm³/mol. The quantitative estimate of drug-likeness (QED) is 0.0674. The maximum atomic E-state index is 15.1. The van der Waals surface area contributed by atoms with Gasteiger partial charge in [-0.25, -0.2) is 19.0 Å². The van der Waals surface area contributed by atoms with Crippen LogP contribution in [0.4, 0.5) is 14.0 Å². The first-order chi connectivity index (χ1) is 28.5. The molecule has 2 aliphatic carbocycles. The smallest absolute Gasteiger partial charge is 0.450 e. The normalized spacial score (nSPS) is 14.2. The van der Waals surface area contributed by atoms with E-state index in [0.717, 1.165) is 33.4 Å². The third-order valence-electron chi connectivity index (χ3n) is 11.0. The summed E-state index contributed by atoms with van der Waals surface area (Å²) < 4.78 is 32.3. The van der Waals surface area contributed by atoms with Crippen molar-refractivity contribution in [1.82, 2.24) is 25.5 Å². The van der Waals surface area contributed by atoms with Crippen molar-refractivity contribution in [3.63, 3.8) is 0 Å². The Labute approximate surface area is 338 Å². The van der Waals surface area contributed by atoms with Gasteiger partial charge >= 0.3 is 12.2 Å². The molecule has 0 saturated carbocycles. The van der Waals surface area contributed by atoms with Crippen LogP contribution in [0.3, 0.4) is 0 Å². The van der Waals surface area contributed by atoms with E-state index in [4.69, 9.17) is 24.3 Å². The highest BCUT2D eigenvalue weighted by Crippen LogP contribution is 2.46. The lowest BCUT2D eigenvalue weighted by Gasteiger charge is -2.29. The number of benzene rings is 3. The van der Waals surface area contributed by atoms with Crippen LogP contribution in [0, 0.1) is 19.7 Å². The van der Waals surface area contributed by atoms with Crippen molar-refractivity contribution in [2.75, 3.05) is 26.5 Å². The largest absolute Gasteiger partial charge is 0.506 e. The second-order valence-electron chi connectivity index (χ2n) is 14.3. The molecule has 0 saturated heterocycles. The van der Waals surface area contributed by atoms with Gasteiger partial charge in [0, 0.05) is 22.9 Å². The van der Waals surface area contributed by atoms with Gasteiger partial charge in [0.25, 0.3) is 5.56 Å². The summed E-state index contributed by atoms with van der Waals surface area (Å²) in [5, 5.41) is 17.7. The SMILES string of the molecule is CC.Cc1cc2n(c(=O)c1COC(=O)O)Cc1c-2nc2cc(F)c(C)c3c2c1C(NC(=O)COCNC(=O)CNC(=O)OCC1c2ccccc2-c2ccccc21)CC3. The molecule has 306 valence electrons. The first kappa shape index (κ1) is 40.6. The number of halogens is 1. The Balaban J connectivity index is 0.00000260. The lowest BCUT2D eigenvalue weighted by atomic mass is 9.81. The van der Waals surface area contributed by atoms with Crippen LogP contribution in [-0.4, -0.2) is 65.2 Å². The van der Waals surface area contributed by atoms with Gasteiger partial charge in [-0.3, -0.25) is 14.4 Å². The van der Waals surface area contributed by atoms with Crippen molar-refractivity contribution in [2.24, 2.45) is 0 Å². The third-order valence-corrected chi connectivity index (χ3v) is 11.0. The van der Waals surface area contributed by atoms with Crippen molar-refractivity contribution in [1.29, 1.82) is 0 Å². The molecule has 1 unspecified atom stereocenters. The number of alkyl carbamates (subject to hydrolysis) is 1. The van der Waals surface area contributed by atoms with Gasteiger partial charge < -0.3 is 39.8 Å². The summed E-state index contributed by atoms with van der Waals surface area (Å²) in [7, 11) is 0. The molecule has 3 amide bonds. The average molecular weight is 806 g/mol. The molecule has 0 bridgehead atoms. The van der Waals surface area contributed by atoms with Crippen molar-refractivity contribution >= 4 is 35.0 Å². The van der Waals surface area contributed by atoms with Gasteiger partial charge in [-0.1, -0.05) is 62.4 Å². The van der Waals surface area contributed by atoms with Crippen LogP contribution in [-0.2, 0) is 43.4 Å². The van der Waals surface area contributed by atoms with Gasteiger partial charge in [0.2, 0.25) is 11.8 Å². The Kier molecular flexibility index (Phi) is 11.8. The van der Waals surface area contributed by atoms with Gasteiger partial charge in [-0.15, -0.1) is 0 Å². The average Bonchev–Trinajstić information content (AvgIpc) is 3.76. The summed E-state index contributed by atoms with van der Waals surface area (Å²) >= 11 is 0. The van der Waals surface area contributed by atoms with Gasteiger partial charge in [-0.2, -0.15) is 0 Å². The van der Waals surface area contributed by atoms with Crippen molar-refractivity contribution in [3.05, 3.63) is 121 Å². The minimum atomic E-state index is -1.50. The number of carbonyl (C=O) groups is 4. The molecule has 0 radical (unpaired) electrons. The number of hydrogen-bond acceptors (Lipinski definition) is 9. The highest BCUT2D eigenvalue weighted by atomic mass is 19.1. The minimum absolute atomic E-state index is 0.104. The Morgan fingerprint density at radius 1 is 0.932 bits per heavy atom. The monoisotopic (exact) mass is 805 g/mol. The number of pyridine rings is 2. The van der Waals surface area contributed by atoms with E-state index in [9.17, 15) is 24.0 Å². The van der Waals surface area contributed by atoms with Crippen LogP contribution in [0.25, 0.3) is 33.4 Å². The molecule has 14 nitrogen and oxygen atoms in total. The number of fused-ring (bicyclic) bond motifs is 7. The number of ether oxygens (including phenoxy) is 3. The molecule has 2 aromatic heterocycles. The van der Waals surface area contributed by atoms with Crippen LogP contribution in [0.1, 0.15) is 76.7 Å². The number of amides is 3. The molecular weight excluding hydrogens is 762 g/mol. The number of nitrogens with zero attached hydrogens (tertiary/aromatic N) is 2. The zero-order valence-corrected chi connectivity index (χ0v) is 33.1. The third kappa shape index (κ3) is 7.85. The summed E-state index contributed by atoms with van der Waals surface area (Å²) in [5.41, 5.74) is 8.68. The molecule has 3 heterocycles. The fourth-order valence-electron chi connectivity index (χ4n) is 8.30. The standard InChI is InChI=1S/C42H38FN5O9.C2H6/c1-21-13-34-39-28(16-48(34)40(51)29(21)17-57-42(53)54)38-32(12-11-23-22(2)31(43)14-33(47-39)37(23)38)46-36(50)19-55-20-45-35(49)15-44-41(52)56-18-30-26-9-5-3-7-24(26)25-8-4-6-10-27(25)30;1-2/h3-10,13-14,30,32H,11-12,15-20H2,1-2H3,(H,44,52)(H,45,49)(H,46,50)(H,53,54);1-2H3. The van der Waals surface area contributed by atoms with Gasteiger partial charge in [-0.05, 0) is 77.3 Å². The molecule has 8 rings (SSSR count). The van der Waals surface area contributed by atoms with Crippen molar-refractivity contribution in [3.8, 4) is 22.5 Å². The molecule has 0 spiro atoms. The van der Waals surface area contributed by atoms with Gasteiger partial charge in [0.05, 0.1) is 35.1 Å². The van der Waals surface area contributed by atoms with Gasteiger partial charge in [0.1, 0.15) is 38.9 Å². The van der Waals surface area contributed by atoms with Crippen LogP contribution in [0.15, 0.2) is 65.5 Å². The molecule has 3 aromatic carbocycles. The summed E-state index contributed by atoms with van der Waals surface area (Å²) in [6, 6.07) is 18.5. The van der Waals surface area contributed by atoms with E-state index >= 15 is 4.39 Å². The number of carboxylic acid groups (broad SMARTS) is 1. The lowest BCUT2D eigenvalue weighted by Crippen LogP contribution is -2.39. The first-order valence-corrected chi connectivity index (χ1v) is 19.5. The molecule has 5 aromatic rings.